The normalized spacial score (nSPS) is 12.8. The average Bonchev–Trinajstić information content (AvgIpc) is 3.60. The van der Waals surface area contributed by atoms with Gasteiger partial charge in [0.25, 0.3) is 0 Å². The van der Waals surface area contributed by atoms with Gasteiger partial charge in [-0.15, -0.1) is 0 Å². The Labute approximate surface area is 202 Å². The Morgan fingerprint density at radius 2 is 0.829 bits per heavy atom. The number of aromatic nitrogens is 4. The van der Waals surface area contributed by atoms with E-state index in [2.05, 4.69) is 44.2 Å². The number of fused-ring (bicyclic) bond motifs is 8. The SMILES string of the molecule is C1=Cc2cc3ccc(cc4nc(cc5ccc(cc1n2)[nH]5)C=C4)[nH]3.[OH][Zn]([OH])([OH])([OH])[c]1ccccc1. The van der Waals surface area contributed by atoms with Crippen LogP contribution in [0.25, 0.3) is 46.4 Å². The Balaban J connectivity index is 0.000000195. The number of nitrogens with one attached hydrogen (secondary N) is 2. The zero-order valence-corrected chi connectivity index (χ0v) is 21.7. The molecular weight excluding hydrogens is 498 g/mol. The van der Waals surface area contributed by atoms with Crippen LogP contribution in [0.4, 0.5) is 0 Å². The first-order valence-corrected chi connectivity index (χ1v) is 18.2. The Kier molecular flexibility index (Phi) is 5.80. The van der Waals surface area contributed by atoms with E-state index in [4.69, 9.17) is 15.7 Å². The summed E-state index contributed by atoms with van der Waals surface area (Å²) >= 11 is -6.40. The molecule has 6 rings (SSSR count). The summed E-state index contributed by atoms with van der Waals surface area (Å²) in [6.45, 7) is 0. The molecule has 35 heavy (non-hydrogen) atoms. The Morgan fingerprint density at radius 3 is 1.11 bits per heavy atom. The van der Waals surface area contributed by atoms with Gasteiger partial charge in [0.2, 0.25) is 0 Å². The first-order chi connectivity index (χ1) is 16.7. The number of hydrogen-bond donors (Lipinski definition) is 6. The second-order valence-corrected chi connectivity index (χ2v) is 16.8. The van der Waals surface area contributed by atoms with Crippen molar-refractivity contribution < 1.29 is 30.8 Å². The van der Waals surface area contributed by atoms with Crippen LogP contribution in [-0.4, -0.2) is 35.7 Å². The number of aromatic amines is 2. The standard InChI is InChI=1S/C20H14N4.C6H5.4H2O.Zn/c1-2-14-10-16-5-6-18(23-16)12-20-8-7-19(24-20)11-17-4-3-15(22-17)9-13(1)21-14;1-2-4-6-5-3-1;;;;;/h1-12,21,24H;1-5H;4*1H2;/q;;;;;;+4/p-4. The Bertz CT molecular complexity index is 1430. The van der Waals surface area contributed by atoms with Crippen LogP contribution in [0.1, 0.15) is 22.8 Å². The molecule has 0 atom stereocenters. The van der Waals surface area contributed by atoms with E-state index in [9.17, 15) is 0 Å². The molecule has 0 spiro atoms. The van der Waals surface area contributed by atoms with Crippen LogP contribution >= 0.6 is 0 Å². The second kappa shape index (κ2) is 8.81. The van der Waals surface area contributed by atoms with Crippen LogP contribution in [0.2, 0.25) is 0 Å². The number of H-pyrrole nitrogens is 2. The molecule has 0 radical (unpaired) electrons. The Morgan fingerprint density at radius 1 is 0.486 bits per heavy atom. The van der Waals surface area contributed by atoms with E-state index in [-0.39, 0.29) is 4.16 Å². The maximum absolute atomic E-state index is 8.84. The van der Waals surface area contributed by atoms with Gasteiger partial charge in [-0.3, -0.25) is 0 Å². The summed E-state index contributed by atoms with van der Waals surface area (Å²) in [7, 11) is 0. The van der Waals surface area contributed by atoms with E-state index in [1.54, 1.807) is 6.07 Å². The molecule has 0 saturated carbocycles. The first kappa shape index (κ1) is 23.0. The minimum absolute atomic E-state index is 0.179. The number of nitrogens with zero attached hydrogens (tertiary/aromatic N) is 2. The van der Waals surface area contributed by atoms with Gasteiger partial charge in [-0.25, -0.2) is 9.97 Å². The third-order valence-electron chi connectivity index (χ3n) is 5.62. The topological polar surface area (TPSA) is 138 Å². The van der Waals surface area contributed by atoms with Crippen LogP contribution in [0, 0.1) is 0 Å². The zero-order valence-electron chi connectivity index (χ0n) is 18.7. The molecule has 0 fully saturated rings. The van der Waals surface area contributed by atoms with Crippen LogP contribution in [-0.2, 0) is 15.0 Å². The van der Waals surface area contributed by atoms with Gasteiger partial charge in [-0.1, -0.05) is 0 Å². The summed E-state index contributed by atoms with van der Waals surface area (Å²) in [4.78, 5) is 16.0. The van der Waals surface area contributed by atoms with Gasteiger partial charge in [0.05, 0.1) is 22.8 Å². The van der Waals surface area contributed by atoms with Crippen molar-refractivity contribution in [3.8, 4) is 0 Å². The van der Waals surface area contributed by atoms with E-state index < -0.39 is 15.0 Å². The van der Waals surface area contributed by atoms with E-state index in [0.717, 1.165) is 44.8 Å². The van der Waals surface area contributed by atoms with E-state index in [1.165, 1.54) is 24.3 Å². The number of rotatable bonds is 1. The summed E-state index contributed by atoms with van der Waals surface area (Å²) in [5, 5.41) is 0. The zero-order chi connectivity index (χ0) is 24.5. The quantitative estimate of drug-likeness (QED) is 0.184. The molecule has 6 N–H and O–H groups in total. The van der Waals surface area contributed by atoms with E-state index in [0.29, 0.717) is 0 Å². The van der Waals surface area contributed by atoms with Gasteiger partial charge in [0.15, 0.2) is 0 Å². The second-order valence-electron chi connectivity index (χ2n) is 8.87. The molecule has 0 amide bonds. The van der Waals surface area contributed by atoms with Gasteiger partial charge in [0, 0.05) is 22.1 Å². The van der Waals surface area contributed by atoms with E-state index >= 15 is 0 Å². The molecule has 173 valence electrons. The fraction of sp³-hybridized carbons (Fsp3) is 0. The van der Waals surface area contributed by atoms with Crippen molar-refractivity contribution in [2.24, 2.45) is 0 Å². The molecule has 0 saturated heterocycles. The van der Waals surface area contributed by atoms with Crippen molar-refractivity contribution in [3.63, 3.8) is 0 Å². The summed E-state index contributed by atoms with van der Waals surface area (Å²) < 4.78 is 35.2. The van der Waals surface area contributed by atoms with Crippen LogP contribution < -0.4 is 4.16 Å². The van der Waals surface area contributed by atoms with Crippen molar-refractivity contribution >= 4 is 50.5 Å². The fourth-order valence-electron chi connectivity index (χ4n) is 3.84. The monoisotopic (exact) mass is 519 g/mol. The van der Waals surface area contributed by atoms with Crippen LogP contribution in [0.15, 0.2) is 78.9 Å². The molecular formula is C26H23N4O4Zn. The minimum atomic E-state index is -6.40. The third kappa shape index (κ3) is 5.86. The van der Waals surface area contributed by atoms with Gasteiger partial charge >= 0.3 is 65.3 Å². The molecule has 2 aliphatic heterocycles. The predicted molar refractivity (Wildman–Crippen MR) is 134 cm³/mol. The average molecular weight is 521 g/mol. The molecule has 8 bridgehead atoms. The molecule has 4 aromatic rings. The summed E-state index contributed by atoms with van der Waals surface area (Å²) in [6.07, 6.45) is 8.09. The molecule has 9 heteroatoms. The van der Waals surface area contributed by atoms with Crippen molar-refractivity contribution in [2.45, 2.75) is 0 Å². The van der Waals surface area contributed by atoms with Gasteiger partial charge < -0.3 is 9.97 Å². The van der Waals surface area contributed by atoms with E-state index in [1.807, 2.05) is 48.6 Å². The number of hydrogen-bond acceptors (Lipinski definition) is 6. The first-order valence-electron chi connectivity index (χ1n) is 11.4. The van der Waals surface area contributed by atoms with Crippen molar-refractivity contribution in [1.29, 1.82) is 0 Å². The molecule has 5 heterocycles. The van der Waals surface area contributed by atoms with Crippen LogP contribution in [0.3, 0.4) is 0 Å². The van der Waals surface area contributed by atoms with Crippen LogP contribution in [0.5, 0.6) is 0 Å². The summed E-state index contributed by atoms with van der Waals surface area (Å²) in [5.41, 5.74) is 7.86. The summed E-state index contributed by atoms with van der Waals surface area (Å²) in [5.74, 6) is 0. The predicted octanol–water partition coefficient (Wildman–Crippen LogP) is 3.29. The number of benzene rings is 1. The molecule has 2 aliphatic rings. The summed E-state index contributed by atoms with van der Waals surface area (Å²) in [6, 6.07) is 23.6. The van der Waals surface area contributed by atoms with Crippen molar-refractivity contribution in [2.75, 3.05) is 0 Å². The molecule has 0 unspecified atom stereocenters. The van der Waals surface area contributed by atoms with Gasteiger partial charge in [0.1, 0.15) is 0 Å². The van der Waals surface area contributed by atoms with Gasteiger partial charge in [-0.05, 0) is 72.8 Å². The molecule has 0 aliphatic carbocycles. The Hall–Kier alpha value is -3.72. The van der Waals surface area contributed by atoms with Gasteiger partial charge in [-0.2, -0.15) is 0 Å². The van der Waals surface area contributed by atoms with Crippen molar-refractivity contribution in [1.82, 2.24) is 19.9 Å². The van der Waals surface area contributed by atoms with Crippen molar-refractivity contribution in [3.05, 3.63) is 102 Å². The molecule has 8 nitrogen and oxygen atoms in total. The molecule has 1 aromatic carbocycles. The molecule has 3 aromatic heterocycles. The maximum atomic E-state index is 8.84. The fourth-order valence-corrected chi connectivity index (χ4v) is 6.18. The third-order valence-corrected chi connectivity index (χ3v) is 9.67.